The van der Waals surface area contributed by atoms with Crippen LogP contribution in [0.1, 0.15) is 41.5 Å². The van der Waals surface area contributed by atoms with Crippen LogP contribution in [0.4, 0.5) is 0 Å². The van der Waals surface area contributed by atoms with E-state index in [2.05, 4.69) is 18.3 Å². The predicted molar refractivity (Wildman–Crippen MR) is 60.8 cm³/mol. The predicted octanol–water partition coefficient (Wildman–Crippen LogP) is 4.22. The summed E-state index contributed by atoms with van der Waals surface area (Å²) in [6.45, 7) is 18.8. The Morgan fingerprint density at radius 3 is 1.50 bits per heavy atom. The van der Waals surface area contributed by atoms with Crippen LogP contribution >= 0.6 is 0 Å². The second kappa shape index (κ2) is 16.6. The van der Waals surface area contributed by atoms with E-state index in [1.807, 2.05) is 47.6 Å². The first-order valence-electron chi connectivity index (χ1n) is 4.47. The summed E-state index contributed by atoms with van der Waals surface area (Å²) in [5, 5.41) is 0. The van der Waals surface area contributed by atoms with Gasteiger partial charge in [0.25, 0.3) is 0 Å². The first-order valence-corrected chi connectivity index (χ1v) is 4.47. The zero-order valence-corrected chi connectivity index (χ0v) is 9.44. The lowest BCUT2D eigenvalue weighted by Gasteiger charge is -1.87. The molecule has 1 heteroatoms. The highest BCUT2D eigenvalue weighted by atomic mass is 14.7. The van der Waals surface area contributed by atoms with Crippen LogP contribution in [0.15, 0.2) is 28.9 Å². The van der Waals surface area contributed by atoms with Gasteiger partial charge in [-0.15, -0.1) is 0 Å². The number of hydrogen-bond acceptors (Lipinski definition) is 1. The van der Waals surface area contributed by atoms with Gasteiger partial charge in [0, 0.05) is 5.70 Å². The lowest BCUT2D eigenvalue weighted by Crippen LogP contribution is -1.67. The van der Waals surface area contributed by atoms with Crippen molar-refractivity contribution in [2.45, 2.75) is 41.5 Å². The van der Waals surface area contributed by atoms with Crippen LogP contribution in [-0.4, -0.2) is 6.72 Å². The molecule has 0 rings (SSSR count). The van der Waals surface area contributed by atoms with E-state index in [1.165, 1.54) is 0 Å². The summed E-state index contributed by atoms with van der Waals surface area (Å²) in [6, 6.07) is 0. The summed E-state index contributed by atoms with van der Waals surface area (Å²) in [5.74, 6) is 0. The number of rotatable bonds is 2. The van der Waals surface area contributed by atoms with Crippen LogP contribution in [0.25, 0.3) is 0 Å². The van der Waals surface area contributed by atoms with Crippen molar-refractivity contribution in [2.75, 3.05) is 0 Å². The maximum atomic E-state index is 3.68. The fourth-order valence-electron chi connectivity index (χ4n) is 0.402. The Hall–Kier alpha value is -0.850. The minimum absolute atomic E-state index is 0.914. The molecule has 0 bridgehead atoms. The lowest BCUT2D eigenvalue weighted by atomic mass is 10.3. The molecule has 0 saturated carbocycles. The van der Waals surface area contributed by atoms with Gasteiger partial charge in [0.1, 0.15) is 0 Å². The van der Waals surface area contributed by atoms with Gasteiger partial charge < -0.3 is 0 Å². The summed E-state index contributed by atoms with van der Waals surface area (Å²) in [5.41, 5.74) is 1.92. The van der Waals surface area contributed by atoms with Gasteiger partial charge in [-0.1, -0.05) is 39.8 Å². The molecule has 0 aromatic rings. The van der Waals surface area contributed by atoms with Crippen LogP contribution in [0.3, 0.4) is 0 Å². The minimum Gasteiger partial charge on any atom is -0.269 e. The first kappa shape index (κ1) is 17.3. The Labute approximate surface area is 77.9 Å². The Morgan fingerprint density at radius 1 is 1.08 bits per heavy atom. The number of nitrogens with zero attached hydrogens (tertiary/aromatic N) is 1. The molecule has 72 valence electrons. The molecule has 0 aromatic heterocycles. The molecule has 0 fully saturated rings. The highest BCUT2D eigenvalue weighted by Crippen LogP contribution is 1.97. The van der Waals surface area contributed by atoms with Crippen molar-refractivity contribution in [3.05, 3.63) is 23.9 Å². The van der Waals surface area contributed by atoms with Crippen LogP contribution < -0.4 is 0 Å². The van der Waals surface area contributed by atoms with Gasteiger partial charge in [0.05, 0.1) is 0 Å². The molecule has 0 N–H and O–H groups in total. The third-order valence-corrected chi connectivity index (χ3v) is 0.705. The monoisotopic (exact) mass is 169 g/mol. The molecular weight excluding hydrogens is 146 g/mol. The third kappa shape index (κ3) is 22.9. The Bertz CT molecular complexity index is 132. The summed E-state index contributed by atoms with van der Waals surface area (Å²) in [7, 11) is 0. The standard InChI is InChI=1S/C7H11N.2C2H6/c1-6(2)5-7(3)8-4;2*1-2/h5H,1,4H2,2-3H3;2*1-2H3/b7-5-;;. The molecule has 0 aliphatic rings. The molecule has 0 aromatic carbocycles. The van der Waals surface area contributed by atoms with Crippen LogP contribution in [0.2, 0.25) is 0 Å². The van der Waals surface area contributed by atoms with E-state index in [-0.39, 0.29) is 0 Å². The Kier molecular flexibility index (Phi) is 24.0. The van der Waals surface area contributed by atoms with E-state index in [4.69, 9.17) is 0 Å². The van der Waals surface area contributed by atoms with Gasteiger partial charge >= 0.3 is 0 Å². The molecule has 0 radical (unpaired) electrons. The Morgan fingerprint density at radius 2 is 1.42 bits per heavy atom. The first-order chi connectivity index (χ1) is 5.66. The van der Waals surface area contributed by atoms with Gasteiger partial charge in [-0.2, -0.15) is 0 Å². The van der Waals surface area contributed by atoms with Gasteiger partial charge in [-0.3, -0.25) is 4.99 Å². The van der Waals surface area contributed by atoms with Crippen molar-refractivity contribution in [3.63, 3.8) is 0 Å². The lowest BCUT2D eigenvalue weighted by molar-refractivity contribution is 1.30. The van der Waals surface area contributed by atoms with Crippen molar-refractivity contribution in [1.82, 2.24) is 0 Å². The molecule has 0 spiro atoms. The smallest absolute Gasteiger partial charge is 0.0367 e. The Balaban J connectivity index is -0.000000175. The molecule has 0 atom stereocenters. The second-order valence-corrected chi connectivity index (χ2v) is 1.79. The minimum atomic E-state index is 0.914. The van der Waals surface area contributed by atoms with E-state index in [0.717, 1.165) is 11.3 Å². The molecule has 1 nitrogen and oxygen atoms in total. The molecule has 0 aliphatic carbocycles. The normalized spacial score (nSPS) is 8.33. The van der Waals surface area contributed by atoms with Crippen molar-refractivity contribution in [2.24, 2.45) is 4.99 Å². The molecule has 0 saturated heterocycles. The highest BCUT2D eigenvalue weighted by molar-refractivity contribution is 5.30. The van der Waals surface area contributed by atoms with Crippen molar-refractivity contribution in [3.8, 4) is 0 Å². The fourth-order valence-corrected chi connectivity index (χ4v) is 0.402. The summed E-state index contributed by atoms with van der Waals surface area (Å²) < 4.78 is 0. The van der Waals surface area contributed by atoms with Gasteiger partial charge in [0.15, 0.2) is 0 Å². The van der Waals surface area contributed by atoms with Crippen LogP contribution in [-0.2, 0) is 0 Å². The number of aliphatic imine (C=N–C) groups is 1. The SMILES string of the molecule is C=N/C(C)=C\C(=C)C.CC.CC. The average Bonchev–Trinajstić information content (AvgIpc) is 2.10. The van der Waals surface area contributed by atoms with Gasteiger partial charge in [-0.05, 0) is 26.6 Å². The van der Waals surface area contributed by atoms with Crippen molar-refractivity contribution >= 4 is 6.72 Å². The molecule has 0 unspecified atom stereocenters. The average molecular weight is 169 g/mol. The molecular formula is C11H23N. The van der Waals surface area contributed by atoms with E-state index < -0.39 is 0 Å². The third-order valence-electron chi connectivity index (χ3n) is 0.705. The van der Waals surface area contributed by atoms with Gasteiger partial charge in [-0.25, -0.2) is 0 Å². The van der Waals surface area contributed by atoms with E-state index in [0.29, 0.717) is 0 Å². The highest BCUT2D eigenvalue weighted by Gasteiger charge is 1.78. The zero-order chi connectivity index (χ0) is 10.6. The molecule has 0 amide bonds. The van der Waals surface area contributed by atoms with E-state index >= 15 is 0 Å². The van der Waals surface area contributed by atoms with Crippen molar-refractivity contribution < 1.29 is 0 Å². The zero-order valence-electron chi connectivity index (χ0n) is 9.44. The van der Waals surface area contributed by atoms with E-state index in [1.54, 1.807) is 0 Å². The quantitative estimate of drug-likeness (QED) is 0.433. The summed E-state index contributed by atoms with van der Waals surface area (Å²) in [4.78, 5) is 3.68. The molecule has 12 heavy (non-hydrogen) atoms. The summed E-state index contributed by atoms with van der Waals surface area (Å²) in [6.07, 6.45) is 1.88. The second-order valence-electron chi connectivity index (χ2n) is 1.79. The maximum Gasteiger partial charge on any atom is 0.0367 e. The van der Waals surface area contributed by atoms with E-state index in [9.17, 15) is 0 Å². The van der Waals surface area contributed by atoms with Crippen molar-refractivity contribution in [1.29, 1.82) is 0 Å². The number of hydrogen-bond donors (Lipinski definition) is 0. The summed E-state index contributed by atoms with van der Waals surface area (Å²) >= 11 is 0. The largest absolute Gasteiger partial charge is 0.269 e. The number of allylic oxidation sites excluding steroid dienone is 3. The topological polar surface area (TPSA) is 12.4 Å². The van der Waals surface area contributed by atoms with Gasteiger partial charge in [0.2, 0.25) is 0 Å². The van der Waals surface area contributed by atoms with Crippen LogP contribution in [0, 0.1) is 0 Å². The van der Waals surface area contributed by atoms with Crippen LogP contribution in [0.5, 0.6) is 0 Å². The molecule has 0 heterocycles. The maximum absolute atomic E-state index is 3.68. The molecule has 0 aliphatic heterocycles. The fraction of sp³-hybridized carbons (Fsp3) is 0.545.